The molecule has 19 heavy (non-hydrogen) atoms. The number of halogens is 1. The smallest absolute Gasteiger partial charge is 0.274 e. The van der Waals surface area contributed by atoms with E-state index in [1.807, 2.05) is 24.4 Å². The van der Waals surface area contributed by atoms with Crippen molar-refractivity contribution in [3.8, 4) is 0 Å². The van der Waals surface area contributed by atoms with Gasteiger partial charge in [-0.3, -0.25) is 4.79 Å². The normalized spacial score (nSPS) is 11.6. The third-order valence-corrected chi connectivity index (χ3v) is 3.44. The van der Waals surface area contributed by atoms with Gasteiger partial charge in [0.25, 0.3) is 5.56 Å². The van der Waals surface area contributed by atoms with Gasteiger partial charge in [0, 0.05) is 22.4 Å². The molecule has 0 fully saturated rings. The zero-order valence-electron chi connectivity index (χ0n) is 9.57. The zero-order valence-corrected chi connectivity index (χ0v) is 10.3. The minimum absolute atomic E-state index is 0.229. The number of H-pyrrole nitrogens is 2. The largest absolute Gasteiger partial charge is 0.352 e. The first kappa shape index (κ1) is 10.5. The molecule has 4 aromatic rings. The standard InChI is InChI=1S/C13H7ClN4O/c14-10-3-8-6(4-15-10)1-2-7-11-9(17-12(7)8)5-16-18-13(11)19/h1-5,15H,(H,18,19). The first-order valence-corrected chi connectivity index (χ1v) is 6.05. The van der Waals surface area contributed by atoms with Crippen LogP contribution in [-0.4, -0.2) is 20.2 Å². The Bertz CT molecular complexity index is 1000. The van der Waals surface area contributed by atoms with Crippen LogP contribution in [0.15, 0.2) is 35.4 Å². The van der Waals surface area contributed by atoms with Gasteiger partial charge >= 0.3 is 0 Å². The Morgan fingerprint density at radius 1 is 1.21 bits per heavy atom. The minimum atomic E-state index is -0.229. The highest BCUT2D eigenvalue weighted by molar-refractivity contribution is 6.30. The van der Waals surface area contributed by atoms with Crippen molar-refractivity contribution in [2.45, 2.75) is 0 Å². The molecule has 3 aromatic heterocycles. The van der Waals surface area contributed by atoms with Crippen molar-refractivity contribution < 1.29 is 0 Å². The lowest BCUT2D eigenvalue weighted by molar-refractivity contribution is 1.01. The SMILES string of the molecule is O=c1[nH]ncc2nc3c4cc(Cl)[nH]cc4ccc3c12. The monoisotopic (exact) mass is 270 g/mol. The summed E-state index contributed by atoms with van der Waals surface area (Å²) in [5.41, 5.74) is 1.13. The van der Waals surface area contributed by atoms with Gasteiger partial charge < -0.3 is 4.98 Å². The summed E-state index contributed by atoms with van der Waals surface area (Å²) >= 11 is 5.99. The summed E-state index contributed by atoms with van der Waals surface area (Å²) in [5.74, 6) is 0. The average Bonchev–Trinajstić information content (AvgIpc) is 2.79. The maximum Gasteiger partial charge on any atom is 0.274 e. The van der Waals surface area contributed by atoms with E-state index < -0.39 is 0 Å². The number of pyridine rings is 1. The number of hydrogen-bond donors (Lipinski definition) is 2. The molecule has 6 heteroatoms. The van der Waals surface area contributed by atoms with E-state index in [1.54, 1.807) is 6.20 Å². The van der Waals surface area contributed by atoms with Gasteiger partial charge in [-0.25, -0.2) is 10.1 Å². The Kier molecular flexibility index (Phi) is 1.97. The summed E-state index contributed by atoms with van der Waals surface area (Å²) in [4.78, 5) is 19.3. The second kappa shape index (κ2) is 3.55. The average molecular weight is 271 g/mol. The van der Waals surface area contributed by atoms with Crippen LogP contribution in [0.4, 0.5) is 0 Å². The lowest BCUT2D eigenvalue weighted by atomic mass is 10.1. The Morgan fingerprint density at radius 2 is 2.11 bits per heavy atom. The third kappa shape index (κ3) is 1.39. The van der Waals surface area contributed by atoms with Crippen LogP contribution in [0.5, 0.6) is 0 Å². The molecule has 1 aromatic carbocycles. The molecular weight excluding hydrogens is 264 g/mol. The number of rotatable bonds is 0. The molecule has 0 saturated heterocycles. The van der Waals surface area contributed by atoms with Crippen LogP contribution < -0.4 is 5.56 Å². The molecule has 2 N–H and O–H groups in total. The van der Waals surface area contributed by atoms with E-state index in [1.165, 1.54) is 0 Å². The van der Waals surface area contributed by atoms with Crippen molar-refractivity contribution in [1.29, 1.82) is 0 Å². The van der Waals surface area contributed by atoms with E-state index in [-0.39, 0.29) is 5.56 Å². The van der Waals surface area contributed by atoms with Crippen LogP contribution in [0.1, 0.15) is 0 Å². The predicted octanol–water partition coefficient (Wildman–Crippen LogP) is 2.61. The molecule has 0 amide bonds. The lowest BCUT2D eigenvalue weighted by Gasteiger charge is -2.00. The van der Waals surface area contributed by atoms with E-state index in [9.17, 15) is 4.79 Å². The van der Waals surface area contributed by atoms with Crippen molar-refractivity contribution in [3.05, 3.63) is 46.1 Å². The highest BCUT2D eigenvalue weighted by Crippen LogP contribution is 2.29. The van der Waals surface area contributed by atoms with Crippen LogP contribution in [0.2, 0.25) is 5.15 Å². The van der Waals surface area contributed by atoms with Gasteiger partial charge in [-0.2, -0.15) is 5.10 Å². The molecule has 0 radical (unpaired) electrons. The van der Waals surface area contributed by atoms with Gasteiger partial charge in [0.15, 0.2) is 0 Å². The number of fused-ring (bicyclic) bond motifs is 5. The molecule has 3 heterocycles. The Balaban J connectivity index is 2.35. The van der Waals surface area contributed by atoms with Crippen molar-refractivity contribution in [2.75, 3.05) is 0 Å². The maximum absolute atomic E-state index is 11.9. The molecule has 0 saturated carbocycles. The molecular formula is C13H7ClN4O. The van der Waals surface area contributed by atoms with Gasteiger partial charge in [0.1, 0.15) is 5.15 Å². The lowest BCUT2D eigenvalue weighted by Crippen LogP contribution is -2.06. The Hall–Kier alpha value is -2.40. The number of aromatic amines is 2. The molecule has 0 spiro atoms. The Morgan fingerprint density at radius 3 is 3.00 bits per heavy atom. The van der Waals surface area contributed by atoms with Gasteiger partial charge in [-0.1, -0.05) is 23.7 Å². The minimum Gasteiger partial charge on any atom is -0.352 e. The van der Waals surface area contributed by atoms with Gasteiger partial charge in [0.2, 0.25) is 0 Å². The predicted molar refractivity (Wildman–Crippen MR) is 74.5 cm³/mol. The van der Waals surface area contributed by atoms with Crippen LogP contribution in [0.25, 0.3) is 32.6 Å². The van der Waals surface area contributed by atoms with E-state index in [0.717, 1.165) is 21.7 Å². The van der Waals surface area contributed by atoms with Gasteiger partial charge in [0.05, 0.1) is 22.6 Å². The summed E-state index contributed by atoms with van der Waals surface area (Å²) in [7, 11) is 0. The molecule has 0 aliphatic carbocycles. The van der Waals surface area contributed by atoms with Crippen molar-refractivity contribution in [1.82, 2.24) is 20.2 Å². The van der Waals surface area contributed by atoms with E-state index >= 15 is 0 Å². The summed E-state index contributed by atoms with van der Waals surface area (Å²) in [5, 5.41) is 10.0. The van der Waals surface area contributed by atoms with Crippen LogP contribution in [-0.2, 0) is 0 Å². The third-order valence-electron chi connectivity index (χ3n) is 3.23. The van der Waals surface area contributed by atoms with Crippen molar-refractivity contribution in [3.63, 3.8) is 0 Å². The first-order chi connectivity index (χ1) is 9.24. The van der Waals surface area contributed by atoms with Crippen molar-refractivity contribution >= 4 is 44.2 Å². The summed E-state index contributed by atoms with van der Waals surface area (Å²) in [6.07, 6.45) is 3.37. The van der Waals surface area contributed by atoms with E-state index in [4.69, 9.17) is 11.6 Å². The molecule has 4 rings (SSSR count). The number of benzene rings is 1. The second-order valence-electron chi connectivity index (χ2n) is 4.32. The Labute approximate surface area is 111 Å². The fourth-order valence-corrected chi connectivity index (χ4v) is 2.56. The molecule has 0 bridgehead atoms. The van der Waals surface area contributed by atoms with E-state index in [2.05, 4.69) is 20.2 Å². The van der Waals surface area contributed by atoms with Crippen LogP contribution in [0.3, 0.4) is 0 Å². The molecule has 0 aliphatic heterocycles. The number of nitrogens with one attached hydrogen (secondary N) is 2. The fraction of sp³-hybridized carbons (Fsp3) is 0. The molecule has 92 valence electrons. The second-order valence-corrected chi connectivity index (χ2v) is 4.72. The first-order valence-electron chi connectivity index (χ1n) is 5.68. The number of hydrogen-bond acceptors (Lipinski definition) is 3. The highest BCUT2D eigenvalue weighted by Gasteiger charge is 2.12. The van der Waals surface area contributed by atoms with E-state index in [0.29, 0.717) is 16.1 Å². The van der Waals surface area contributed by atoms with Crippen molar-refractivity contribution in [2.24, 2.45) is 0 Å². The molecule has 0 atom stereocenters. The zero-order chi connectivity index (χ0) is 13.0. The molecule has 5 nitrogen and oxygen atoms in total. The van der Waals surface area contributed by atoms with Crippen LogP contribution in [0, 0.1) is 0 Å². The fourth-order valence-electron chi connectivity index (χ4n) is 2.39. The quantitative estimate of drug-likeness (QED) is 0.482. The molecule has 0 unspecified atom stereocenters. The van der Waals surface area contributed by atoms with Crippen LogP contribution >= 0.6 is 11.6 Å². The highest BCUT2D eigenvalue weighted by atomic mass is 35.5. The summed E-state index contributed by atoms with van der Waals surface area (Å²) in [6, 6.07) is 5.64. The van der Waals surface area contributed by atoms with Gasteiger partial charge in [-0.15, -0.1) is 0 Å². The maximum atomic E-state index is 11.9. The summed E-state index contributed by atoms with van der Waals surface area (Å²) in [6.45, 7) is 0. The number of nitrogens with zero attached hydrogens (tertiary/aromatic N) is 2. The topological polar surface area (TPSA) is 74.4 Å². The summed E-state index contributed by atoms with van der Waals surface area (Å²) < 4.78 is 0. The molecule has 0 aliphatic rings. The van der Waals surface area contributed by atoms with Gasteiger partial charge in [-0.05, 0) is 6.07 Å². The number of aromatic nitrogens is 4.